The second-order valence-electron chi connectivity index (χ2n) is 14.1. The highest BCUT2D eigenvalue weighted by molar-refractivity contribution is 6.38. The Morgan fingerprint density at radius 3 is 2.18 bits per heavy atom. The lowest BCUT2D eigenvalue weighted by Crippen LogP contribution is -2.58. The van der Waals surface area contributed by atoms with Crippen LogP contribution in [0.4, 0.5) is 4.79 Å². The molecule has 14 heteroatoms. The molecule has 5 unspecified atom stereocenters. The predicted molar refractivity (Wildman–Crippen MR) is 181 cm³/mol. The molecule has 1 aliphatic carbocycles. The third kappa shape index (κ3) is 11.6. The first-order valence-corrected chi connectivity index (χ1v) is 17.0. The number of hydrogen-bond acceptors (Lipinski definition) is 8. The molecule has 0 radical (unpaired) electrons. The molecule has 2 fully saturated rings. The molecular formula is C35H52N6O8. The summed E-state index contributed by atoms with van der Waals surface area (Å²) in [6.45, 7) is 8.61. The standard InChI is InChI=1S/C35H52N6O8/c1-8-21(2)27(39-34(48)49-35(3,4)5)33(47)41-18-12-15-25(41)30(44)37-24(19-22-16-17-22)29(43)31(45)36-20-26(42)38-28(32(46)40(6)7)23-13-10-9-11-14-23/h9-11,13-14,21-22,24-25,27-28H,8,12,15-20H2,1-7H3,(H,36,45)(H,37,44)(H,38,42)(H,39,48). The van der Waals surface area contributed by atoms with Crippen LogP contribution in [0.2, 0.25) is 0 Å². The molecule has 1 aromatic carbocycles. The van der Waals surface area contributed by atoms with E-state index in [0.717, 1.165) is 12.8 Å². The van der Waals surface area contributed by atoms with Gasteiger partial charge in [-0.3, -0.25) is 28.8 Å². The van der Waals surface area contributed by atoms with Gasteiger partial charge >= 0.3 is 6.09 Å². The topological polar surface area (TPSA) is 183 Å². The number of likely N-dealkylation sites (N-methyl/N-ethyl adjacent to an activating group) is 1. The molecule has 2 aliphatic rings. The Kier molecular flexibility index (Phi) is 13.7. The average molecular weight is 685 g/mol. The van der Waals surface area contributed by atoms with E-state index in [2.05, 4.69) is 21.3 Å². The molecule has 14 nitrogen and oxygen atoms in total. The van der Waals surface area contributed by atoms with Gasteiger partial charge in [0.15, 0.2) is 0 Å². The highest BCUT2D eigenvalue weighted by Gasteiger charge is 2.42. The summed E-state index contributed by atoms with van der Waals surface area (Å²) in [7, 11) is 3.12. The Bertz CT molecular complexity index is 1370. The molecular weight excluding hydrogens is 632 g/mol. The molecule has 0 spiro atoms. The number of ether oxygens (including phenoxy) is 1. The Morgan fingerprint density at radius 1 is 0.959 bits per heavy atom. The third-order valence-electron chi connectivity index (χ3n) is 8.65. The number of benzene rings is 1. The molecule has 1 saturated heterocycles. The van der Waals surface area contributed by atoms with Gasteiger partial charge in [-0.15, -0.1) is 0 Å². The van der Waals surface area contributed by atoms with E-state index in [0.29, 0.717) is 24.8 Å². The van der Waals surface area contributed by atoms with Crippen molar-refractivity contribution in [1.82, 2.24) is 31.1 Å². The van der Waals surface area contributed by atoms with Gasteiger partial charge in [0.05, 0.1) is 12.6 Å². The Labute approximate surface area is 288 Å². The molecule has 0 bridgehead atoms. The summed E-state index contributed by atoms with van der Waals surface area (Å²) in [5.74, 6) is -4.09. The number of nitrogens with zero attached hydrogens (tertiary/aromatic N) is 2. The SMILES string of the molecule is CCC(C)C(NC(=O)OC(C)(C)C)C(=O)N1CCCC1C(=O)NC(CC1CC1)C(=O)C(=O)NCC(=O)NC(C(=O)N(C)C)c1ccccc1. The minimum atomic E-state index is -1.15. The maximum Gasteiger partial charge on any atom is 0.408 e. The van der Waals surface area contributed by atoms with Crippen molar-refractivity contribution in [3.05, 3.63) is 35.9 Å². The minimum Gasteiger partial charge on any atom is -0.444 e. The van der Waals surface area contributed by atoms with Gasteiger partial charge in [0.2, 0.25) is 29.4 Å². The van der Waals surface area contributed by atoms with Gasteiger partial charge < -0.3 is 35.8 Å². The fraction of sp³-hybridized carbons (Fsp3) is 0.629. The molecule has 49 heavy (non-hydrogen) atoms. The summed E-state index contributed by atoms with van der Waals surface area (Å²) in [5, 5.41) is 10.3. The summed E-state index contributed by atoms with van der Waals surface area (Å²) in [5.41, 5.74) is -0.210. The smallest absolute Gasteiger partial charge is 0.408 e. The van der Waals surface area contributed by atoms with Crippen molar-refractivity contribution in [1.29, 1.82) is 0 Å². The van der Waals surface area contributed by atoms with Gasteiger partial charge in [0.1, 0.15) is 23.7 Å². The lowest BCUT2D eigenvalue weighted by molar-refractivity contribution is -0.143. The average Bonchev–Trinajstić information content (AvgIpc) is 3.73. The van der Waals surface area contributed by atoms with Crippen LogP contribution < -0.4 is 21.3 Å². The lowest BCUT2D eigenvalue weighted by atomic mass is 9.97. The molecule has 1 heterocycles. The monoisotopic (exact) mass is 684 g/mol. The van der Waals surface area contributed by atoms with E-state index in [-0.39, 0.29) is 30.7 Å². The zero-order valence-corrected chi connectivity index (χ0v) is 29.7. The molecule has 0 aromatic heterocycles. The fourth-order valence-corrected chi connectivity index (χ4v) is 5.59. The van der Waals surface area contributed by atoms with Crippen molar-refractivity contribution in [3.8, 4) is 0 Å². The number of rotatable bonds is 15. The van der Waals surface area contributed by atoms with Crippen molar-refractivity contribution in [2.24, 2.45) is 11.8 Å². The quantitative estimate of drug-likeness (QED) is 0.202. The number of nitrogens with one attached hydrogen (secondary N) is 4. The van der Waals surface area contributed by atoms with Crippen LogP contribution in [0, 0.1) is 11.8 Å². The zero-order valence-electron chi connectivity index (χ0n) is 29.7. The predicted octanol–water partition coefficient (Wildman–Crippen LogP) is 1.83. The first kappa shape index (κ1) is 39.0. The summed E-state index contributed by atoms with van der Waals surface area (Å²) in [6, 6.07) is 4.67. The fourth-order valence-electron chi connectivity index (χ4n) is 5.59. The molecule has 1 saturated carbocycles. The Hall–Kier alpha value is -4.49. The number of Topliss-reactive ketones (excluding diaryl/α,β-unsaturated/α-hetero) is 1. The van der Waals surface area contributed by atoms with E-state index in [1.807, 2.05) is 13.8 Å². The summed E-state index contributed by atoms with van der Waals surface area (Å²) >= 11 is 0. The van der Waals surface area contributed by atoms with E-state index < -0.39 is 71.8 Å². The Morgan fingerprint density at radius 2 is 1.61 bits per heavy atom. The number of carbonyl (C=O) groups excluding carboxylic acids is 7. The van der Waals surface area contributed by atoms with Crippen molar-refractivity contribution in [2.75, 3.05) is 27.2 Å². The van der Waals surface area contributed by atoms with Crippen molar-refractivity contribution in [3.63, 3.8) is 0 Å². The van der Waals surface area contributed by atoms with Gasteiger partial charge in [-0.1, -0.05) is 63.4 Å². The van der Waals surface area contributed by atoms with Crippen molar-refractivity contribution >= 4 is 41.4 Å². The number of ketones is 1. The second kappa shape index (κ2) is 17.3. The lowest BCUT2D eigenvalue weighted by Gasteiger charge is -2.32. The first-order chi connectivity index (χ1) is 23.0. The first-order valence-electron chi connectivity index (χ1n) is 17.0. The number of amides is 6. The van der Waals surface area contributed by atoms with Crippen LogP contribution in [0.5, 0.6) is 0 Å². The summed E-state index contributed by atoms with van der Waals surface area (Å²) < 4.78 is 5.37. The molecule has 5 atom stereocenters. The van der Waals surface area contributed by atoms with Crippen LogP contribution in [0.1, 0.15) is 84.7 Å². The zero-order chi connectivity index (χ0) is 36.5. The van der Waals surface area contributed by atoms with E-state index in [1.54, 1.807) is 65.2 Å². The third-order valence-corrected chi connectivity index (χ3v) is 8.65. The highest BCUT2D eigenvalue weighted by Crippen LogP contribution is 2.34. The minimum absolute atomic E-state index is 0.156. The van der Waals surface area contributed by atoms with Crippen molar-refractivity contribution in [2.45, 2.75) is 103 Å². The highest BCUT2D eigenvalue weighted by atomic mass is 16.6. The van der Waals surface area contributed by atoms with Gasteiger partial charge in [0.25, 0.3) is 5.91 Å². The number of carbonyl (C=O) groups is 7. The molecule has 1 aromatic rings. The van der Waals surface area contributed by atoms with E-state index >= 15 is 0 Å². The van der Waals surface area contributed by atoms with Crippen LogP contribution >= 0.6 is 0 Å². The van der Waals surface area contributed by atoms with Crippen LogP contribution in [-0.4, -0.2) is 102 Å². The summed E-state index contributed by atoms with van der Waals surface area (Å²) in [6.07, 6.45) is 2.69. The number of hydrogen-bond donors (Lipinski definition) is 4. The molecule has 6 amide bonds. The van der Waals surface area contributed by atoms with E-state index in [9.17, 15) is 33.6 Å². The van der Waals surface area contributed by atoms with Crippen LogP contribution in [0.25, 0.3) is 0 Å². The maximum absolute atomic E-state index is 13.8. The van der Waals surface area contributed by atoms with Crippen molar-refractivity contribution < 1.29 is 38.3 Å². The van der Waals surface area contributed by atoms with Gasteiger partial charge in [-0.2, -0.15) is 0 Å². The van der Waals surface area contributed by atoms with Gasteiger partial charge in [-0.25, -0.2) is 4.79 Å². The summed E-state index contributed by atoms with van der Waals surface area (Å²) in [4.78, 5) is 94.6. The molecule has 1 aliphatic heterocycles. The van der Waals surface area contributed by atoms with E-state index in [1.165, 1.54) is 9.80 Å². The second-order valence-corrected chi connectivity index (χ2v) is 14.1. The van der Waals surface area contributed by atoms with Crippen LogP contribution in [0.15, 0.2) is 30.3 Å². The van der Waals surface area contributed by atoms with Gasteiger partial charge in [0, 0.05) is 20.6 Å². The number of likely N-dealkylation sites (tertiary alicyclic amines) is 1. The normalized spacial score (nSPS) is 18.3. The van der Waals surface area contributed by atoms with E-state index in [4.69, 9.17) is 4.74 Å². The van der Waals surface area contributed by atoms with Gasteiger partial charge in [-0.05, 0) is 57.4 Å². The van der Waals surface area contributed by atoms with Crippen LogP contribution in [-0.2, 0) is 33.5 Å². The molecule has 4 N–H and O–H groups in total. The Balaban J connectivity index is 1.66. The molecule has 3 rings (SSSR count). The largest absolute Gasteiger partial charge is 0.444 e. The van der Waals surface area contributed by atoms with Crippen LogP contribution in [0.3, 0.4) is 0 Å². The maximum atomic E-state index is 13.8. The molecule has 270 valence electrons. The number of alkyl carbamates (subject to hydrolysis) is 1.